The molecule has 1 heterocycles. The highest BCUT2D eigenvalue weighted by molar-refractivity contribution is 9.09. The molecule has 4 heteroatoms. The summed E-state index contributed by atoms with van der Waals surface area (Å²) in [5.41, 5.74) is 0.741. The van der Waals surface area contributed by atoms with Crippen molar-refractivity contribution in [3.63, 3.8) is 0 Å². The van der Waals surface area contributed by atoms with Gasteiger partial charge in [0.05, 0.1) is 0 Å². The second-order valence-electron chi connectivity index (χ2n) is 4.63. The van der Waals surface area contributed by atoms with E-state index >= 15 is 0 Å². The molecular formula is C14H17BrClNO. The van der Waals surface area contributed by atoms with Gasteiger partial charge in [-0.3, -0.25) is 4.79 Å². The van der Waals surface area contributed by atoms with Crippen LogP contribution in [0.3, 0.4) is 0 Å². The molecule has 0 saturated carbocycles. The van der Waals surface area contributed by atoms with Crippen LogP contribution in [0.25, 0.3) is 0 Å². The van der Waals surface area contributed by atoms with Crippen molar-refractivity contribution in [2.75, 3.05) is 11.9 Å². The number of hydrogen-bond donors (Lipinski definition) is 0. The van der Waals surface area contributed by atoms with Crippen LogP contribution in [-0.4, -0.2) is 28.7 Å². The fraction of sp³-hybridized carbons (Fsp3) is 0.500. The Morgan fingerprint density at radius 1 is 1.39 bits per heavy atom. The first kappa shape index (κ1) is 13.9. The van der Waals surface area contributed by atoms with Crippen molar-refractivity contribution in [1.29, 1.82) is 0 Å². The Kier molecular flexibility index (Phi) is 5.07. The van der Waals surface area contributed by atoms with Crippen LogP contribution in [0.1, 0.15) is 36.0 Å². The van der Waals surface area contributed by atoms with Gasteiger partial charge in [0.15, 0.2) is 0 Å². The summed E-state index contributed by atoms with van der Waals surface area (Å²) in [6.45, 7) is 0.883. The molecule has 1 fully saturated rings. The molecule has 18 heavy (non-hydrogen) atoms. The zero-order chi connectivity index (χ0) is 13.0. The van der Waals surface area contributed by atoms with Gasteiger partial charge in [0.1, 0.15) is 0 Å². The number of carbonyl (C=O) groups excluding carboxylic acids is 1. The fourth-order valence-electron chi connectivity index (χ4n) is 2.47. The highest BCUT2D eigenvalue weighted by Gasteiger charge is 2.28. The molecular weight excluding hydrogens is 314 g/mol. The zero-order valence-electron chi connectivity index (χ0n) is 10.2. The molecule has 1 aromatic carbocycles. The molecule has 0 N–H and O–H groups in total. The predicted octanol–water partition coefficient (Wildman–Crippen LogP) is 4.12. The summed E-state index contributed by atoms with van der Waals surface area (Å²) in [4.78, 5) is 14.4. The zero-order valence-corrected chi connectivity index (χ0v) is 12.6. The van der Waals surface area contributed by atoms with E-state index in [1.807, 2.05) is 17.0 Å². The van der Waals surface area contributed by atoms with Crippen molar-refractivity contribution in [3.8, 4) is 0 Å². The molecule has 1 amide bonds. The van der Waals surface area contributed by atoms with Crippen molar-refractivity contribution >= 4 is 33.4 Å². The second kappa shape index (κ2) is 6.58. The Balaban J connectivity index is 2.05. The third-order valence-electron chi connectivity index (χ3n) is 3.40. The maximum absolute atomic E-state index is 12.4. The quantitative estimate of drug-likeness (QED) is 0.761. The number of amides is 1. The van der Waals surface area contributed by atoms with E-state index in [0.29, 0.717) is 11.1 Å². The highest BCUT2D eigenvalue weighted by Crippen LogP contribution is 2.24. The number of carbonyl (C=O) groups is 1. The van der Waals surface area contributed by atoms with E-state index in [4.69, 9.17) is 11.6 Å². The third kappa shape index (κ3) is 3.27. The second-order valence-corrected chi connectivity index (χ2v) is 5.86. The minimum Gasteiger partial charge on any atom is -0.336 e. The SMILES string of the molecule is O=C(c1ccc(Cl)cc1)N1CCCC1CCCBr. The Bertz CT molecular complexity index is 407. The van der Waals surface area contributed by atoms with Crippen LogP contribution in [0.5, 0.6) is 0 Å². The van der Waals surface area contributed by atoms with Crippen LogP contribution in [-0.2, 0) is 0 Å². The maximum Gasteiger partial charge on any atom is 0.254 e. The molecule has 1 aliphatic rings. The normalized spacial score (nSPS) is 19.2. The molecule has 1 unspecified atom stereocenters. The van der Waals surface area contributed by atoms with Gasteiger partial charge >= 0.3 is 0 Å². The van der Waals surface area contributed by atoms with E-state index in [2.05, 4.69) is 15.9 Å². The molecule has 0 bridgehead atoms. The maximum atomic E-state index is 12.4. The lowest BCUT2D eigenvalue weighted by Crippen LogP contribution is -2.35. The van der Waals surface area contributed by atoms with Crippen LogP contribution < -0.4 is 0 Å². The summed E-state index contributed by atoms with van der Waals surface area (Å²) in [6, 6.07) is 7.58. The number of halogens is 2. The summed E-state index contributed by atoms with van der Waals surface area (Å²) < 4.78 is 0. The minimum atomic E-state index is 0.142. The monoisotopic (exact) mass is 329 g/mol. The standard InChI is InChI=1S/C14H17BrClNO/c15-9-1-3-13-4-2-10-17(13)14(18)11-5-7-12(16)8-6-11/h5-8,13H,1-4,9-10H2. The molecule has 1 saturated heterocycles. The van der Waals surface area contributed by atoms with Gasteiger partial charge in [-0.2, -0.15) is 0 Å². The molecule has 1 aromatic rings. The van der Waals surface area contributed by atoms with Crippen LogP contribution >= 0.6 is 27.5 Å². The average molecular weight is 331 g/mol. The summed E-state index contributed by atoms with van der Waals surface area (Å²) >= 11 is 9.29. The van der Waals surface area contributed by atoms with Gasteiger partial charge in [0, 0.05) is 28.5 Å². The van der Waals surface area contributed by atoms with Gasteiger partial charge < -0.3 is 4.90 Å². The Morgan fingerprint density at radius 3 is 2.78 bits per heavy atom. The fourth-order valence-corrected chi connectivity index (χ4v) is 2.92. The number of alkyl halides is 1. The largest absolute Gasteiger partial charge is 0.336 e. The lowest BCUT2D eigenvalue weighted by atomic mass is 10.1. The number of rotatable bonds is 4. The van der Waals surface area contributed by atoms with Crippen molar-refractivity contribution < 1.29 is 4.79 Å². The lowest BCUT2D eigenvalue weighted by Gasteiger charge is -2.24. The molecule has 2 rings (SSSR count). The van der Waals surface area contributed by atoms with E-state index in [1.54, 1.807) is 12.1 Å². The van der Waals surface area contributed by atoms with Crippen LogP contribution in [0.15, 0.2) is 24.3 Å². The van der Waals surface area contributed by atoms with Gasteiger partial charge in [-0.1, -0.05) is 27.5 Å². The topological polar surface area (TPSA) is 20.3 Å². The lowest BCUT2D eigenvalue weighted by molar-refractivity contribution is 0.0730. The first-order chi connectivity index (χ1) is 8.72. The Labute approximate surface area is 121 Å². The molecule has 1 aliphatic heterocycles. The minimum absolute atomic E-state index is 0.142. The molecule has 1 atom stereocenters. The van der Waals surface area contributed by atoms with Gasteiger partial charge in [-0.05, 0) is 49.9 Å². The molecule has 98 valence electrons. The molecule has 0 radical (unpaired) electrons. The number of nitrogens with zero attached hydrogens (tertiary/aromatic N) is 1. The van der Waals surface area contributed by atoms with Gasteiger partial charge in [0.2, 0.25) is 0 Å². The van der Waals surface area contributed by atoms with Gasteiger partial charge in [-0.15, -0.1) is 0 Å². The number of likely N-dealkylation sites (tertiary alicyclic amines) is 1. The number of hydrogen-bond acceptors (Lipinski definition) is 1. The Morgan fingerprint density at radius 2 is 2.11 bits per heavy atom. The first-order valence-corrected chi connectivity index (χ1v) is 7.85. The van der Waals surface area contributed by atoms with Crippen molar-refractivity contribution in [1.82, 2.24) is 4.90 Å². The van der Waals surface area contributed by atoms with Crippen LogP contribution in [0.2, 0.25) is 5.02 Å². The van der Waals surface area contributed by atoms with Crippen molar-refractivity contribution in [2.24, 2.45) is 0 Å². The Hall–Kier alpha value is -0.540. The first-order valence-electron chi connectivity index (χ1n) is 6.35. The van der Waals surface area contributed by atoms with E-state index in [-0.39, 0.29) is 5.91 Å². The number of benzene rings is 1. The van der Waals surface area contributed by atoms with E-state index in [1.165, 1.54) is 0 Å². The summed E-state index contributed by atoms with van der Waals surface area (Å²) in [7, 11) is 0. The summed E-state index contributed by atoms with van der Waals surface area (Å²) in [5, 5.41) is 1.68. The third-order valence-corrected chi connectivity index (χ3v) is 4.21. The predicted molar refractivity (Wildman–Crippen MR) is 78.5 cm³/mol. The van der Waals surface area contributed by atoms with Gasteiger partial charge in [0.25, 0.3) is 5.91 Å². The summed E-state index contributed by atoms with van der Waals surface area (Å²) in [5.74, 6) is 0.142. The van der Waals surface area contributed by atoms with E-state index < -0.39 is 0 Å². The van der Waals surface area contributed by atoms with Gasteiger partial charge in [-0.25, -0.2) is 0 Å². The van der Waals surface area contributed by atoms with Crippen LogP contribution in [0, 0.1) is 0 Å². The van der Waals surface area contributed by atoms with Crippen molar-refractivity contribution in [3.05, 3.63) is 34.9 Å². The smallest absolute Gasteiger partial charge is 0.254 e. The molecule has 0 aromatic heterocycles. The highest BCUT2D eigenvalue weighted by atomic mass is 79.9. The average Bonchev–Trinajstić information content (AvgIpc) is 2.84. The van der Waals surface area contributed by atoms with Crippen LogP contribution in [0.4, 0.5) is 0 Å². The summed E-state index contributed by atoms with van der Waals surface area (Å²) in [6.07, 6.45) is 4.46. The van der Waals surface area contributed by atoms with E-state index in [0.717, 1.165) is 43.1 Å². The van der Waals surface area contributed by atoms with Crippen molar-refractivity contribution in [2.45, 2.75) is 31.7 Å². The molecule has 0 aliphatic carbocycles. The molecule has 0 spiro atoms. The van der Waals surface area contributed by atoms with E-state index in [9.17, 15) is 4.79 Å². The molecule has 2 nitrogen and oxygen atoms in total.